The highest BCUT2D eigenvalue weighted by atomic mass is 79.9. The maximum Gasteiger partial charge on any atom is 0.305 e. The molecule has 1 N–H and O–H groups in total. The number of methoxy groups -OCH3 is 1. The molecule has 4 nitrogen and oxygen atoms in total. The van der Waals surface area contributed by atoms with Gasteiger partial charge in [-0.2, -0.15) is 0 Å². The van der Waals surface area contributed by atoms with E-state index in [-0.39, 0.29) is 18.5 Å². The molecular formula is C25H26BrNO3. The van der Waals surface area contributed by atoms with Crippen LogP contribution in [0.2, 0.25) is 0 Å². The van der Waals surface area contributed by atoms with Gasteiger partial charge in [0.05, 0.1) is 18.0 Å². The van der Waals surface area contributed by atoms with Crippen molar-refractivity contribution in [2.24, 2.45) is 0 Å². The van der Waals surface area contributed by atoms with Crippen molar-refractivity contribution in [1.29, 1.82) is 0 Å². The molecule has 156 valence electrons. The van der Waals surface area contributed by atoms with Crippen LogP contribution >= 0.6 is 15.9 Å². The van der Waals surface area contributed by atoms with E-state index in [1.54, 1.807) is 7.11 Å². The lowest BCUT2D eigenvalue weighted by molar-refractivity contribution is -0.138. The summed E-state index contributed by atoms with van der Waals surface area (Å²) in [6.07, 6.45) is 0.00275. The zero-order valence-corrected chi connectivity index (χ0v) is 18.7. The van der Waals surface area contributed by atoms with Gasteiger partial charge < -0.3 is 9.84 Å². The molecule has 0 fully saturated rings. The Balaban J connectivity index is 2.05. The number of ether oxygens (including phenoxy) is 1. The second-order valence-corrected chi connectivity index (χ2v) is 8.11. The summed E-state index contributed by atoms with van der Waals surface area (Å²) in [7, 11) is 1.62. The lowest BCUT2D eigenvalue weighted by Crippen LogP contribution is -2.32. The van der Waals surface area contributed by atoms with Crippen molar-refractivity contribution in [2.45, 2.75) is 32.0 Å². The number of hydrogen-bond donors (Lipinski definition) is 1. The number of halogens is 1. The number of carbonyl (C=O) groups is 1. The molecule has 0 radical (unpaired) electrons. The molecule has 5 heteroatoms. The SMILES string of the molecule is COc1ccc(C(CC(=O)O)N(Cc2ccccc2)C(C)c2ccccc2)cc1Br. The molecule has 0 aliphatic rings. The van der Waals surface area contributed by atoms with Gasteiger partial charge in [-0.1, -0.05) is 66.7 Å². The van der Waals surface area contributed by atoms with Gasteiger partial charge in [0.2, 0.25) is 0 Å². The monoisotopic (exact) mass is 467 g/mol. The highest BCUT2D eigenvalue weighted by Gasteiger charge is 2.28. The lowest BCUT2D eigenvalue weighted by atomic mass is 9.96. The van der Waals surface area contributed by atoms with E-state index in [1.165, 1.54) is 0 Å². The van der Waals surface area contributed by atoms with Crippen LogP contribution in [-0.2, 0) is 11.3 Å². The van der Waals surface area contributed by atoms with Crippen molar-refractivity contribution in [3.05, 3.63) is 100 Å². The fourth-order valence-corrected chi connectivity index (χ4v) is 4.27. The average Bonchev–Trinajstić information content (AvgIpc) is 2.76. The zero-order chi connectivity index (χ0) is 21.5. The van der Waals surface area contributed by atoms with Crippen molar-refractivity contribution in [1.82, 2.24) is 4.90 Å². The summed E-state index contributed by atoms with van der Waals surface area (Å²) in [6.45, 7) is 2.77. The van der Waals surface area contributed by atoms with Crippen LogP contribution in [0.1, 0.15) is 42.1 Å². The summed E-state index contributed by atoms with van der Waals surface area (Å²) in [5, 5.41) is 9.72. The molecule has 3 aromatic carbocycles. The number of benzene rings is 3. The van der Waals surface area contributed by atoms with E-state index in [4.69, 9.17) is 4.74 Å². The highest BCUT2D eigenvalue weighted by Crippen LogP contribution is 2.37. The summed E-state index contributed by atoms with van der Waals surface area (Å²) in [6, 6.07) is 25.9. The van der Waals surface area contributed by atoms with Gasteiger partial charge in [-0.25, -0.2) is 0 Å². The molecular weight excluding hydrogens is 442 g/mol. The van der Waals surface area contributed by atoms with Gasteiger partial charge in [-0.05, 0) is 51.7 Å². The number of carboxylic acids is 1. The normalized spacial score (nSPS) is 13.1. The van der Waals surface area contributed by atoms with Gasteiger partial charge in [0.1, 0.15) is 5.75 Å². The Morgan fingerprint density at radius 1 is 1.00 bits per heavy atom. The number of aliphatic carboxylic acids is 1. The second kappa shape index (κ2) is 10.4. The maximum atomic E-state index is 11.8. The van der Waals surface area contributed by atoms with Gasteiger partial charge in [0, 0.05) is 18.6 Å². The number of rotatable bonds is 9. The van der Waals surface area contributed by atoms with Crippen molar-refractivity contribution in [3.63, 3.8) is 0 Å². The lowest BCUT2D eigenvalue weighted by Gasteiger charge is -2.37. The van der Waals surface area contributed by atoms with Crippen LogP contribution in [0.25, 0.3) is 0 Å². The minimum atomic E-state index is -0.828. The zero-order valence-electron chi connectivity index (χ0n) is 17.2. The van der Waals surface area contributed by atoms with Crippen LogP contribution in [0.5, 0.6) is 5.75 Å². The van der Waals surface area contributed by atoms with Gasteiger partial charge in [-0.15, -0.1) is 0 Å². The van der Waals surface area contributed by atoms with Crippen molar-refractivity contribution < 1.29 is 14.6 Å². The Hall–Kier alpha value is -2.63. The summed E-state index contributed by atoms with van der Waals surface area (Å²) >= 11 is 3.55. The van der Waals surface area contributed by atoms with E-state index < -0.39 is 5.97 Å². The fraction of sp³-hybridized carbons (Fsp3) is 0.240. The molecule has 0 aliphatic heterocycles. The van der Waals surface area contributed by atoms with Crippen LogP contribution in [0.3, 0.4) is 0 Å². The van der Waals surface area contributed by atoms with Crippen molar-refractivity contribution in [3.8, 4) is 5.75 Å². The second-order valence-electron chi connectivity index (χ2n) is 7.25. The van der Waals surface area contributed by atoms with E-state index in [0.717, 1.165) is 26.9 Å². The maximum absolute atomic E-state index is 11.8. The first-order chi connectivity index (χ1) is 14.5. The first-order valence-corrected chi connectivity index (χ1v) is 10.7. The van der Waals surface area contributed by atoms with Crippen LogP contribution in [0, 0.1) is 0 Å². The van der Waals surface area contributed by atoms with Crippen LogP contribution in [-0.4, -0.2) is 23.1 Å². The predicted octanol–water partition coefficient (Wildman–Crippen LogP) is 6.24. The first-order valence-electron chi connectivity index (χ1n) is 9.89. The van der Waals surface area contributed by atoms with Crippen LogP contribution < -0.4 is 4.74 Å². The van der Waals surface area contributed by atoms with Gasteiger partial charge in [0.25, 0.3) is 0 Å². The molecule has 2 atom stereocenters. The molecule has 0 spiro atoms. The quantitative estimate of drug-likeness (QED) is 0.404. The molecule has 0 aromatic heterocycles. The largest absolute Gasteiger partial charge is 0.496 e. The van der Waals surface area contributed by atoms with E-state index in [1.807, 2.05) is 54.6 Å². The molecule has 0 aliphatic carbocycles. The molecule has 0 saturated carbocycles. The Labute approximate surface area is 186 Å². The highest BCUT2D eigenvalue weighted by molar-refractivity contribution is 9.10. The molecule has 30 heavy (non-hydrogen) atoms. The summed E-state index contributed by atoms with van der Waals surface area (Å²) < 4.78 is 6.17. The molecule has 2 unspecified atom stereocenters. The molecule has 0 saturated heterocycles. The Morgan fingerprint density at radius 3 is 2.20 bits per heavy atom. The van der Waals surface area contributed by atoms with Crippen LogP contribution in [0.4, 0.5) is 0 Å². The summed E-state index contributed by atoms with van der Waals surface area (Å²) in [5.41, 5.74) is 3.23. The van der Waals surface area contributed by atoms with Gasteiger partial charge in [0.15, 0.2) is 0 Å². The average molecular weight is 468 g/mol. The molecule has 0 bridgehead atoms. The first kappa shape index (κ1) is 22.1. The van der Waals surface area contributed by atoms with E-state index in [0.29, 0.717) is 6.54 Å². The van der Waals surface area contributed by atoms with Crippen molar-refractivity contribution >= 4 is 21.9 Å². The van der Waals surface area contributed by atoms with Gasteiger partial charge >= 0.3 is 5.97 Å². The number of hydrogen-bond acceptors (Lipinski definition) is 3. The molecule has 3 aromatic rings. The number of carboxylic acid groups (broad SMARTS) is 1. The third-order valence-electron chi connectivity index (χ3n) is 5.32. The fourth-order valence-electron chi connectivity index (χ4n) is 3.72. The Morgan fingerprint density at radius 2 is 1.63 bits per heavy atom. The van der Waals surface area contributed by atoms with E-state index in [9.17, 15) is 9.90 Å². The Kier molecular flexibility index (Phi) is 7.66. The minimum Gasteiger partial charge on any atom is -0.496 e. The minimum absolute atomic E-state index is 0.00275. The third kappa shape index (κ3) is 5.49. The van der Waals surface area contributed by atoms with E-state index >= 15 is 0 Å². The molecule has 3 rings (SSSR count). The topological polar surface area (TPSA) is 49.8 Å². The smallest absolute Gasteiger partial charge is 0.305 e. The standard InChI is InChI=1S/C25H26BrNO3/c1-18(20-11-7-4-8-12-20)27(17-19-9-5-3-6-10-19)23(16-25(28)29)21-13-14-24(30-2)22(26)15-21/h3-15,18,23H,16-17H2,1-2H3,(H,28,29). The predicted molar refractivity (Wildman–Crippen MR) is 123 cm³/mol. The van der Waals surface area contributed by atoms with Crippen molar-refractivity contribution in [2.75, 3.05) is 7.11 Å². The number of nitrogens with zero attached hydrogens (tertiary/aromatic N) is 1. The Bertz CT molecular complexity index is 963. The molecule has 0 amide bonds. The summed E-state index contributed by atoms with van der Waals surface area (Å²) in [5.74, 6) is -0.108. The summed E-state index contributed by atoms with van der Waals surface area (Å²) in [4.78, 5) is 14.1. The van der Waals surface area contributed by atoms with Crippen LogP contribution in [0.15, 0.2) is 83.3 Å². The molecule has 0 heterocycles. The van der Waals surface area contributed by atoms with E-state index in [2.05, 4.69) is 52.0 Å². The third-order valence-corrected chi connectivity index (χ3v) is 5.94. The van der Waals surface area contributed by atoms with Gasteiger partial charge in [-0.3, -0.25) is 9.69 Å².